The van der Waals surface area contributed by atoms with Gasteiger partial charge in [-0.25, -0.2) is 4.39 Å². The summed E-state index contributed by atoms with van der Waals surface area (Å²) < 4.78 is 23.9. The lowest BCUT2D eigenvalue weighted by atomic mass is 10.2. The van der Waals surface area contributed by atoms with E-state index < -0.39 is 0 Å². The lowest BCUT2D eigenvalue weighted by Crippen LogP contribution is -2.38. The molecule has 0 aliphatic carbocycles. The van der Waals surface area contributed by atoms with Crippen LogP contribution in [0.1, 0.15) is 17.5 Å². The number of methoxy groups -OCH3 is 1. The molecule has 0 radical (unpaired) electrons. The lowest BCUT2D eigenvalue weighted by Gasteiger charge is -2.22. The third-order valence-corrected chi connectivity index (χ3v) is 4.90. The van der Waals surface area contributed by atoms with Crippen LogP contribution in [0.3, 0.4) is 0 Å². The molecule has 0 atom stereocenters. The van der Waals surface area contributed by atoms with Crippen molar-refractivity contribution in [2.24, 2.45) is 0 Å². The summed E-state index contributed by atoms with van der Waals surface area (Å²) in [5.74, 6) is 0.547. The number of amides is 1. The molecule has 1 fully saturated rings. The van der Waals surface area contributed by atoms with Crippen molar-refractivity contribution < 1.29 is 18.7 Å². The van der Waals surface area contributed by atoms with Gasteiger partial charge in [0.15, 0.2) is 18.1 Å². The Morgan fingerprint density at radius 3 is 2.62 bits per heavy atom. The Labute approximate surface area is 170 Å². The van der Waals surface area contributed by atoms with Gasteiger partial charge in [-0.3, -0.25) is 9.69 Å². The summed E-state index contributed by atoms with van der Waals surface area (Å²) in [5.41, 5.74) is 1.52. The molecule has 0 bridgehead atoms. The monoisotopic (exact) mass is 397 g/mol. The van der Waals surface area contributed by atoms with Crippen LogP contribution in [-0.4, -0.2) is 55.6 Å². The van der Waals surface area contributed by atoms with Crippen molar-refractivity contribution in [1.29, 1.82) is 5.26 Å². The summed E-state index contributed by atoms with van der Waals surface area (Å²) in [7, 11) is 1.50. The number of nitrogens with zero attached hydrogens (tertiary/aromatic N) is 3. The summed E-state index contributed by atoms with van der Waals surface area (Å²) in [6, 6.07) is 13.4. The van der Waals surface area contributed by atoms with Crippen molar-refractivity contribution in [2.75, 3.05) is 39.9 Å². The zero-order valence-corrected chi connectivity index (χ0v) is 16.4. The molecule has 0 aromatic heterocycles. The molecule has 1 aliphatic heterocycles. The Morgan fingerprint density at radius 2 is 1.90 bits per heavy atom. The minimum atomic E-state index is -0.236. The number of halogens is 1. The Hall–Kier alpha value is -3.11. The third kappa shape index (κ3) is 5.69. The second-order valence-electron chi connectivity index (χ2n) is 6.90. The molecule has 7 heteroatoms. The molecule has 0 unspecified atom stereocenters. The van der Waals surface area contributed by atoms with Gasteiger partial charge in [-0.2, -0.15) is 5.26 Å². The molecule has 152 valence electrons. The number of hydrogen-bond donors (Lipinski definition) is 0. The molecule has 1 heterocycles. The van der Waals surface area contributed by atoms with E-state index in [9.17, 15) is 9.18 Å². The predicted molar refractivity (Wildman–Crippen MR) is 106 cm³/mol. The van der Waals surface area contributed by atoms with Crippen LogP contribution in [0.4, 0.5) is 4.39 Å². The van der Waals surface area contributed by atoms with Gasteiger partial charge in [0.05, 0.1) is 18.7 Å². The quantitative estimate of drug-likeness (QED) is 0.750. The van der Waals surface area contributed by atoms with E-state index in [0.717, 1.165) is 31.6 Å². The van der Waals surface area contributed by atoms with Crippen LogP contribution < -0.4 is 9.47 Å². The van der Waals surface area contributed by atoms with Crippen LogP contribution in [0.5, 0.6) is 11.5 Å². The molecule has 2 aromatic rings. The van der Waals surface area contributed by atoms with Crippen molar-refractivity contribution in [2.45, 2.75) is 13.0 Å². The average molecular weight is 397 g/mol. The van der Waals surface area contributed by atoms with Gasteiger partial charge in [0, 0.05) is 38.8 Å². The summed E-state index contributed by atoms with van der Waals surface area (Å²) in [6.45, 7) is 3.58. The van der Waals surface area contributed by atoms with E-state index in [0.29, 0.717) is 30.2 Å². The van der Waals surface area contributed by atoms with Crippen molar-refractivity contribution in [3.63, 3.8) is 0 Å². The summed E-state index contributed by atoms with van der Waals surface area (Å²) in [4.78, 5) is 16.7. The van der Waals surface area contributed by atoms with Crippen molar-refractivity contribution in [3.05, 3.63) is 59.4 Å². The Kier molecular flexibility index (Phi) is 7.04. The summed E-state index contributed by atoms with van der Waals surface area (Å²) >= 11 is 0. The van der Waals surface area contributed by atoms with Gasteiger partial charge < -0.3 is 14.4 Å². The Bertz CT molecular complexity index is 880. The first-order valence-electron chi connectivity index (χ1n) is 9.54. The van der Waals surface area contributed by atoms with E-state index in [1.54, 1.807) is 35.2 Å². The first-order valence-corrected chi connectivity index (χ1v) is 9.54. The second-order valence-corrected chi connectivity index (χ2v) is 6.90. The van der Waals surface area contributed by atoms with Crippen LogP contribution in [0.15, 0.2) is 42.5 Å². The molecule has 3 rings (SSSR count). The molecular formula is C22H24FN3O3. The summed E-state index contributed by atoms with van der Waals surface area (Å²) in [5, 5.41) is 8.96. The number of benzene rings is 2. The maximum absolute atomic E-state index is 13.1. The van der Waals surface area contributed by atoms with Gasteiger partial charge in [-0.05, 0) is 36.2 Å². The molecule has 6 nitrogen and oxygen atoms in total. The highest BCUT2D eigenvalue weighted by atomic mass is 19.1. The first kappa shape index (κ1) is 20.6. The molecule has 1 amide bonds. The number of rotatable bonds is 6. The number of ether oxygens (including phenoxy) is 2. The maximum Gasteiger partial charge on any atom is 0.260 e. The standard InChI is InChI=1S/C22H24FN3O3/c1-28-21-13-18(14-24)5-8-20(21)29-16-22(27)26-10-2-9-25(11-12-26)15-17-3-6-19(23)7-4-17/h3-8,13H,2,9-12,15-16H2,1H3. The Balaban J connectivity index is 1.52. The number of hydrogen-bond acceptors (Lipinski definition) is 5. The van der Waals surface area contributed by atoms with Gasteiger partial charge in [-0.1, -0.05) is 12.1 Å². The minimum absolute atomic E-state index is 0.0831. The highest BCUT2D eigenvalue weighted by Crippen LogP contribution is 2.27. The van der Waals surface area contributed by atoms with Crippen LogP contribution in [0.2, 0.25) is 0 Å². The van der Waals surface area contributed by atoms with Crippen LogP contribution in [0, 0.1) is 17.1 Å². The van der Waals surface area contributed by atoms with Gasteiger partial charge >= 0.3 is 0 Å². The normalized spacial score (nSPS) is 14.7. The zero-order chi connectivity index (χ0) is 20.6. The molecule has 1 saturated heterocycles. The highest BCUT2D eigenvalue weighted by Gasteiger charge is 2.20. The fraction of sp³-hybridized carbons (Fsp3) is 0.364. The zero-order valence-electron chi connectivity index (χ0n) is 16.4. The molecule has 1 aliphatic rings. The van der Waals surface area contributed by atoms with Gasteiger partial charge in [0.25, 0.3) is 5.91 Å². The molecule has 2 aromatic carbocycles. The van der Waals surface area contributed by atoms with Crippen LogP contribution in [0.25, 0.3) is 0 Å². The molecule has 0 spiro atoms. The van der Waals surface area contributed by atoms with Crippen molar-refractivity contribution in [1.82, 2.24) is 9.80 Å². The van der Waals surface area contributed by atoms with Crippen LogP contribution in [-0.2, 0) is 11.3 Å². The Morgan fingerprint density at radius 1 is 1.10 bits per heavy atom. The number of nitriles is 1. The van der Waals surface area contributed by atoms with E-state index in [4.69, 9.17) is 14.7 Å². The number of carbonyl (C=O) groups excluding carboxylic acids is 1. The third-order valence-electron chi connectivity index (χ3n) is 4.90. The maximum atomic E-state index is 13.1. The van der Waals surface area contributed by atoms with Gasteiger partial charge in [-0.15, -0.1) is 0 Å². The highest BCUT2D eigenvalue weighted by molar-refractivity contribution is 5.78. The van der Waals surface area contributed by atoms with Gasteiger partial charge in [0.2, 0.25) is 0 Å². The topological polar surface area (TPSA) is 65.8 Å². The van der Waals surface area contributed by atoms with E-state index in [1.807, 2.05) is 6.07 Å². The van der Waals surface area contributed by atoms with E-state index in [1.165, 1.54) is 19.2 Å². The fourth-order valence-electron chi connectivity index (χ4n) is 3.31. The van der Waals surface area contributed by atoms with E-state index in [-0.39, 0.29) is 18.3 Å². The van der Waals surface area contributed by atoms with E-state index in [2.05, 4.69) is 4.90 Å². The van der Waals surface area contributed by atoms with Crippen molar-refractivity contribution in [3.8, 4) is 17.6 Å². The predicted octanol–water partition coefficient (Wildman–Crippen LogP) is 2.82. The minimum Gasteiger partial charge on any atom is -0.493 e. The van der Waals surface area contributed by atoms with Crippen LogP contribution >= 0.6 is 0 Å². The first-order chi connectivity index (χ1) is 14.1. The van der Waals surface area contributed by atoms with Crippen molar-refractivity contribution >= 4 is 5.91 Å². The molecule has 0 saturated carbocycles. The largest absolute Gasteiger partial charge is 0.493 e. The molecule has 0 N–H and O–H groups in total. The molecule has 29 heavy (non-hydrogen) atoms. The summed E-state index contributed by atoms with van der Waals surface area (Å²) in [6.07, 6.45) is 0.868. The number of carbonyl (C=O) groups is 1. The van der Waals surface area contributed by atoms with E-state index >= 15 is 0 Å². The second kappa shape index (κ2) is 9.89. The lowest BCUT2D eigenvalue weighted by molar-refractivity contribution is -0.133. The SMILES string of the molecule is COc1cc(C#N)ccc1OCC(=O)N1CCCN(Cc2ccc(F)cc2)CC1. The molecular weight excluding hydrogens is 373 g/mol. The smallest absolute Gasteiger partial charge is 0.260 e. The average Bonchev–Trinajstić information content (AvgIpc) is 2.99. The fourth-order valence-corrected chi connectivity index (χ4v) is 3.31. The van der Waals surface area contributed by atoms with Gasteiger partial charge in [0.1, 0.15) is 5.82 Å².